The van der Waals surface area contributed by atoms with Gasteiger partial charge in [0, 0.05) is 24.6 Å². The number of carbonyl (C=O) groups is 1. The number of nitrogens with zero attached hydrogens (tertiary/aromatic N) is 1. The van der Waals surface area contributed by atoms with E-state index in [1.54, 1.807) is 30.6 Å². The van der Waals surface area contributed by atoms with Crippen molar-refractivity contribution in [3.8, 4) is 0 Å². The Morgan fingerprint density at radius 2 is 2.05 bits per heavy atom. The maximum absolute atomic E-state index is 11.5. The molecule has 1 aromatic carbocycles. The number of anilines is 1. The molecule has 6 heteroatoms. The fourth-order valence-electron chi connectivity index (χ4n) is 1.70. The smallest absolute Gasteiger partial charge is 0.337 e. The highest BCUT2D eigenvalue weighted by Crippen LogP contribution is 2.11. The molecule has 21 heavy (non-hydrogen) atoms. The van der Waals surface area contributed by atoms with Crippen LogP contribution in [0.5, 0.6) is 0 Å². The molecule has 2 rings (SSSR count). The molecule has 0 saturated heterocycles. The Hall–Kier alpha value is -2.47. The van der Waals surface area contributed by atoms with Gasteiger partial charge in [-0.25, -0.2) is 4.79 Å². The Morgan fingerprint density at radius 1 is 1.29 bits per heavy atom. The van der Waals surface area contributed by atoms with Crippen LogP contribution in [-0.4, -0.2) is 23.2 Å². The Morgan fingerprint density at radius 3 is 2.76 bits per heavy atom. The van der Waals surface area contributed by atoms with Crippen LogP contribution >= 0.6 is 12.2 Å². The Kier molecular flexibility index (Phi) is 5.22. The van der Waals surface area contributed by atoms with E-state index in [9.17, 15) is 4.79 Å². The summed E-state index contributed by atoms with van der Waals surface area (Å²) < 4.78 is 4.68. The SMILES string of the molecule is COC(=O)c1cccc(NC(=S)NCc2ccncc2)c1. The van der Waals surface area contributed by atoms with Gasteiger partial charge in [-0.15, -0.1) is 0 Å². The Bertz CT molecular complexity index is 632. The van der Waals surface area contributed by atoms with Gasteiger partial charge < -0.3 is 15.4 Å². The molecule has 2 aromatic rings. The largest absolute Gasteiger partial charge is 0.465 e. The van der Waals surface area contributed by atoms with Gasteiger partial charge >= 0.3 is 5.97 Å². The molecule has 0 spiro atoms. The third-order valence-corrected chi connectivity index (χ3v) is 2.99. The second-order valence-electron chi connectivity index (χ2n) is 4.24. The van der Waals surface area contributed by atoms with Gasteiger partial charge in [-0.1, -0.05) is 6.07 Å². The minimum absolute atomic E-state index is 0.380. The predicted octanol–water partition coefficient (Wildman–Crippen LogP) is 2.35. The summed E-state index contributed by atoms with van der Waals surface area (Å²) in [5.41, 5.74) is 2.28. The van der Waals surface area contributed by atoms with E-state index < -0.39 is 0 Å². The molecule has 0 radical (unpaired) electrons. The first kappa shape index (κ1) is 14.9. The molecular weight excluding hydrogens is 286 g/mol. The minimum Gasteiger partial charge on any atom is -0.465 e. The molecule has 0 saturated carbocycles. The van der Waals surface area contributed by atoms with E-state index >= 15 is 0 Å². The van der Waals surface area contributed by atoms with E-state index in [4.69, 9.17) is 12.2 Å². The van der Waals surface area contributed by atoms with Gasteiger partial charge in [0.2, 0.25) is 0 Å². The number of benzene rings is 1. The van der Waals surface area contributed by atoms with Crippen LogP contribution in [0.15, 0.2) is 48.8 Å². The van der Waals surface area contributed by atoms with Crippen LogP contribution in [0.4, 0.5) is 5.69 Å². The first-order chi connectivity index (χ1) is 10.2. The van der Waals surface area contributed by atoms with Crippen molar-refractivity contribution in [2.24, 2.45) is 0 Å². The third-order valence-electron chi connectivity index (χ3n) is 2.74. The Balaban J connectivity index is 1.92. The molecule has 0 amide bonds. The van der Waals surface area contributed by atoms with Crippen LogP contribution in [0.25, 0.3) is 0 Å². The van der Waals surface area contributed by atoms with Crippen LogP contribution in [-0.2, 0) is 11.3 Å². The van der Waals surface area contributed by atoms with E-state index in [0.717, 1.165) is 11.3 Å². The molecular formula is C15H15N3O2S. The summed E-state index contributed by atoms with van der Waals surface area (Å²) in [4.78, 5) is 15.4. The standard InChI is InChI=1S/C15H15N3O2S/c1-20-14(19)12-3-2-4-13(9-12)18-15(21)17-10-11-5-7-16-8-6-11/h2-9H,10H2,1H3,(H2,17,18,21). The zero-order valence-corrected chi connectivity index (χ0v) is 12.3. The summed E-state index contributed by atoms with van der Waals surface area (Å²) in [6.07, 6.45) is 3.46. The molecule has 5 nitrogen and oxygen atoms in total. The number of methoxy groups -OCH3 is 1. The maximum atomic E-state index is 11.5. The lowest BCUT2D eigenvalue weighted by Gasteiger charge is -2.11. The van der Waals surface area contributed by atoms with E-state index in [2.05, 4.69) is 20.4 Å². The number of aromatic nitrogens is 1. The van der Waals surface area contributed by atoms with Gasteiger partial charge in [0.1, 0.15) is 0 Å². The molecule has 1 aromatic heterocycles. The fourth-order valence-corrected chi connectivity index (χ4v) is 1.89. The third kappa shape index (κ3) is 4.54. The van der Waals surface area contributed by atoms with Crippen LogP contribution < -0.4 is 10.6 Å². The van der Waals surface area contributed by atoms with E-state index in [1.807, 2.05) is 18.2 Å². The van der Waals surface area contributed by atoms with Gasteiger partial charge in [0.15, 0.2) is 5.11 Å². The number of nitrogens with one attached hydrogen (secondary N) is 2. The summed E-state index contributed by atoms with van der Waals surface area (Å²) in [6.45, 7) is 0.602. The number of rotatable bonds is 4. The lowest BCUT2D eigenvalue weighted by Crippen LogP contribution is -2.27. The van der Waals surface area contributed by atoms with Gasteiger partial charge in [-0.3, -0.25) is 4.98 Å². The summed E-state index contributed by atoms with van der Waals surface area (Å²) in [5.74, 6) is -0.380. The molecule has 108 valence electrons. The van der Waals surface area contributed by atoms with Crippen LogP contribution in [0.2, 0.25) is 0 Å². The summed E-state index contributed by atoms with van der Waals surface area (Å²) in [5, 5.41) is 6.60. The number of pyridine rings is 1. The fraction of sp³-hybridized carbons (Fsp3) is 0.133. The van der Waals surface area contributed by atoms with Crippen molar-refractivity contribution in [3.63, 3.8) is 0 Å². The van der Waals surface area contributed by atoms with Crippen LogP contribution in [0.1, 0.15) is 15.9 Å². The zero-order chi connectivity index (χ0) is 15.1. The van der Waals surface area contributed by atoms with Gasteiger partial charge in [0.05, 0.1) is 12.7 Å². The van der Waals surface area contributed by atoms with Crippen molar-refractivity contribution >= 4 is 29.0 Å². The highest BCUT2D eigenvalue weighted by Gasteiger charge is 2.06. The molecule has 0 unspecified atom stereocenters. The van der Waals surface area contributed by atoms with Crippen molar-refractivity contribution in [1.82, 2.24) is 10.3 Å². The number of thiocarbonyl (C=S) groups is 1. The number of ether oxygens (including phenoxy) is 1. The molecule has 0 aliphatic heterocycles. The monoisotopic (exact) mass is 301 g/mol. The van der Waals surface area contributed by atoms with E-state index in [-0.39, 0.29) is 5.97 Å². The van der Waals surface area contributed by atoms with Crippen molar-refractivity contribution < 1.29 is 9.53 Å². The summed E-state index contributed by atoms with van der Waals surface area (Å²) in [6, 6.07) is 10.8. The molecule has 2 N–H and O–H groups in total. The molecule has 0 fully saturated rings. The van der Waals surface area contributed by atoms with Crippen LogP contribution in [0, 0.1) is 0 Å². The second kappa shape index (κ2) is 7.35. The Labute approximate surface area is 128 Å². The lowest BCUT2D eigenvalue weighted by atomic mass is 10.2. The van der Waals surface area contributed by atoms with Gasteiger partial charge in [0.25, 0.3) is 0 Å². The minimum atomic E-state index is -0.380. The maximum Gasteiger partial charge on any atom is 0.337 e. The van der Waals surface area contributed by atoms with Gasteiger partial charge in [-0.05, 0) is 48.1 Å². The number of carbonyl (C=O) groups excluding carboxylic acids is 1. The highest BCUT2D eigenvalue weighted by atomic mass is 32.1. The van der Waals surface area contributed by atoms with Crippen LogP contribution in [0.3, 0.4) is 0 Å². The number of hydrogen-bond acceptors (Lipinski definition) is 4. The lowest BCUT2D eigenvalue weighted by molar-refractivity contribution is 0.0601. The average molecular weight is 301 g/mol. The van der Waals surface area contributed by atoms with Crippen molar-refractivity contribution in [2.45, 2.75) is 6.54 Å². The van der Waals surface area contributed by atoms with E-state index in [1.165, 1.54) is 7.11 Å². The topological polar surface area (TPSA) is 63.2 Å². The van der Waals surface area contributed by atoms with Crippen molar-refractivity contribution in [1.29, 1.82) is 0 Å². The second-order valence-corrected chi connectivity index (χ2v) is 4.64. The summed E-state index contributed by atoms with van der Waals surface area (Å²) >= 11 is 5.22. The highest BCUT2D eigenvalue weighted by molar-refractivity contribution is 7.80. The molecule has 0 aliphatic carbocycles. The van der Waals surface area contributed by atoms with E-state index in [0.29, 0.717) is 17.2 Å². The predicted molar refractivity (Wildman–Crippen MR) is 85.1 cm³/mol. The number of esters is 1. The summed E-state index contributed by atoms with van der Waals surface area (Å²) in [7, 11) is 1.35. The molecule has 0 aliphatic rings. The molecule has 0 bridgehead atoms. The first-order valence-corrected chi connectivity index (χ1v) is 6.72. The normalized spacial score (nSPS) is 9.76. The quantitative estimate of drug-likeness (QED) is 0.668. The molecule has 1 heterocycles. The zero-order valence-electron chi connectivity index (χ0n) is 11.5. The first-order valence-electron chi connectivity index (χ1n) is 6.31. The van der Waals surface area contributed by atoms with Crippen molar-refractivity contribution in [3.05, 3.63) is 59.9 Å². The number of hydrogen-bond donors (Lipinski definition) is 2. The average Bonchev–Trinajstić information content (AvgIpc) is 2.53. The molecule has 0 atom stereocenters. The van der Waals surface area contributed by atoms with Crippen molar-refractivity contribution in [2.75, 3.05) is 12.4 Å². The van der Waals surface area contributed by atoms with Gasteiger partial charge in [-0.2, -0.15) is 0 Å².